The van der Waals surface area contributed by atoms with Crippen molar-refractivity contribution in [2.45, 2.75) is 104 Å². The first kappa shape index (κ1) is 47.0. The van der Waals surface area contributed by atoms with Gasteiger partial charge in [0.15, 0.2) is 5.78 Å². The highest BCUT2D eigenvalue weighted by atomic mass is 31.2. The Labute approximate surface area is 325 Å². The number of fused-ring (bicyclic) bond motifs is 1. The normalized spacial score (nSPS) is 23.1. The molecule has 0 radical (unpaired) electrons. The predicted octanol–water partition coefficient (Wildman–Crippen LogP) is 4.84. The highest BCUT2D eigenvalue weighted by Gasteiger charge is 2.62. The zero-order chi connectivity index (χ0) is 41.2. The number of nitrogens with one attached hydrogen (secondary N) is 1. The molecule has 0 spiro atoms. The Bertz CT molecular complexity index is 1520. The Morgan fingerprint density at radius 1 is 0.818 bits per heavy atom. The molecule has 0 bridgehead atoms. The second-order valence-electron chi connectivity index (χ2n) is 16.7. The lowest BCUT2D eigenvalue weighted by molar-refractivity contribution is -0.823. The van der Waals surface area contributed by atoms with Gasteiger partial charge in [-0.25, -0.2) is 0 Å². The minimum Gasteiger partial charge on any atom is -0.509 e. The van der Waals surface area contributed by atoms with E-state index in [1.807, 2.05) is 71.9 Å². The maximum absolute atomic E-state index is 14.4. The smallest absolute Gasteiger partial charge is 0.476 e. The average Bonchev–Trinajstić information content (AvgIpc) is 3.60. The van der Waals surface area contributed by atoms with Crippen molar-refractivity contribution in [2.75, 3.05) is 46.1 Å². The third kappa shape index (κ3) is 13.6. The van der Waals surface area contributed by atoms with Gasteiger partial charge in [0, 0.05) is 12.6 Å². The standard InChI is InChI=1S/C37H63BN2O13P2/c1-26(2)19-30(22-34(42)51-25-29-11-9-8-10-12-29)37(44)39-32(21-28(5)6)33(41)23-31(20-27(3)4)38-40(14-17-52-38,15-18-53-38)13-16-50-35(43)24-36(54(7,45)46)55(47,48)49/h8-12,26-28,30-32,36H,13-25H2,1-7H3,(H,39,44)(H,45,46)(H2,47,48,49)/t30-,31-,32+,36?,38?,40?/m1/s1. The van der Waals surface area contributed by atoms with Gasteiger partial charge in [-0.1, -0.05) is 78.3 Å². The molecule has 2 saturated heterocycles. The lowest BCUT2D eigenvalue weighted by Crippen LogP contribution is -2.66. The van der Waals surface area contributed by atoms with Crippen LogP contribution in [0, 0.1) is 23.7 Å². The van der Waals surface area contributed by atoms with Crippen molar-refractivity contribution >= 4 is 45.3 Å². The summed E-state index contributed by atoms with van der Waals surface area (Å²) in [5.41, 5.74) is 0.838. The Hall–Kier alpha value is -2.42. The van der Waals surface area contributed by atoms with Gasteiger partial charge >= 0.3 is 26.2 Å². The summed E-state index contributed by atoms with van der Waals surface area (Å²) in [7, 11) is -9.38. The molecule has 0 aliphatic carbocycles. The third-order valence-corrected chi connectivity index (χ3v) is 15.1. The molecular weight excluding hydrogens is 753 g/mol. The number of benzene rings is 1. The fourth-order valence-electron chi connectivity index (χ4n) is 8.17. The summed E-state index contributed by atoms with van der Waals surface area (Å²) in [6.07, 6.45) is 0.404. The monoisotopic (exact) mass is 816 g/mol. The number of nitrogens with zero attached hydrogens (tertiary/aromatic N) is 1. The quantitative estimate of drug-likeness (QED) is 0.0663. The van der Waals surface area contributed by atoms with E-state index in [0.29, 0.717) is 45.6 Å². The molecule has 15 nitrogen and oxygen atoms in total. The molecule has 0 saturated carbocycles. The maximum atomic E-state index is 14.4. The summed E-state index contributed by atoms with van der Waals surface area (Å²) in [5.74, 6) is -2.83. The fourth-order valence-corrected chi connectivity index (χ4v) is 11.3. The number of rotatable bonds is 23. The first-order valence-corrected chi connectivity index (χ1v) is 23.3. The Morgan fingerprint density at radius 2 is 1.38 bits per heavy atom. The van der Waals surface area contributed by atoms with Crippen LogP contribution in [0.3, 0.4) is 0 Å². The average molecular weight is 817 g/mol. The van der Waals surface area contributed by atoms with Gasteiger partial charge in [0.1, 0.15) is 18.6 Å². The SMILES string of the molecule is CC(C)C[C@H](CC(=O)OCc1ccccc1)C(=O)N[C@@H](CC(C)C)C(=O)C[C@@H](CC(C)C)[B-]12OCC[N+]1(CCOC(=O)CC(P(C)(=O)O)P(=O)(O)O)CCO2. The maximum Gasteiger partial charge on any atom is 0.476 e. The van der Waals surface area contributed by atoms with E-state index in [4.69, 9.17) is 18.8 Å². The van der Waals surface area contributed by atoms with Crippen molar-refractivity contribution in [3.8, 4) is 0 Å². The van der Waals surface area contributed by atoms with Gasteiger partial charge in [-0.2, -0.15) is 0 Å². The second kappa shape index (κ2) is 20.3. The van der Waals surface area contributed by atoms with Crippen molar-refractivity contribution in [1.82, 2.24) is 5.32 Å². The van der Waals surface area contributed by atoms with Crippen LogP contribution in [-0.2, 0) is 53.7 Å². The van der Waals surface area contributed by atoms with E-state index < -0.39 is 63.2 Å². The van der Waals surface area contributed by atoms with Crippen molar-refractivity contribution in [3.05, 3.63) is 35.9 Å². The molecule has 2 heterocycles. The summed E-state index contributed by atoms with van der Waals surface area (Å²) in [5, 5.41) is 0.939. The molecule has 3 rings (SSSR count). The lowest BCUT2D eigenvalue weighted by atomic mass is 9.51. The zero-order valence-electron chi connectivity index (χ0n) is 33.5. The van der Waals surface area contributed by atoms with E-state index >= 15 is 0 Å². The topological polar surface area (TPSA) is 212 Å². The molecule has 2 fully saturated rings. The van der Waals surface area contributed by atoms with E-state index in [9.17, 15) is 43.0 Å². The van der Waals surface area contributed by atoms with E-state index in [2.05, 4.69) is 5.32 Å². The molecule has 5 atom stereocenters. The van der Waals surface area contributed by atoms with E-state index in [-0.39, 0.29) is 66.4 Å². The summed E-state index contributed by atoms with van der Waals surface area (Å²) >= 11 is 0. The summed E-state index contributed by atoms with van der Waals surface area (Å²) in [6, 6.07) is 8.46. The number of quaternary nitrogens is 1. The molecular formula is C37H63BN2O13P2. The highest BCUT2D eigenvalue weighted by molar-refractivity contribution is 7.73. The summed E-state index contributed by atoms with van der Waals surface area (Å²) < 4.78 is 48.1. The van der Waals surface area contributed by atoms with Gasteiger partial charge in [-0.3, -0.25) is 28.3 Å². The van der Waals surface area contributed by atoms with Crippen molar-refractivity contribution in [3.63, 3.8) is 0 Å². The molecule has 312 valence electrons. The minimum absolute atomic E-state index is 0.0514. The molecule has 2 aliphatic rings. The van der Waals surface area contributed by atoms with Crippen LogP contribution in [0.25, 0.3) is 0 Å². The number of esters is 2. The van der Waals surface area contributed by atoms with Crippen LogP contribution in [0.15, 0.2) is 30.3 Å². The van der Waals surface area contributed by atoms with Crippen LogP contribution >= 0.6 is 15.0 Å². The molecule has 1 aromatic rings. The number of ketones is 1. The highest BCUT2D eigenvalue weighted by Crippen LogP contribution is 2.61. The molecule has 2 unspecified atom stereocenters. The fraction of sp³-hybridized carbons (Fsp3) is 0.730. The number of amides is 1. The first-order chi connectivity index (χ1) is 25.6. The number of hydrogen-bond donors (Lipinski definition) is 4. The molecule has 2 aliphatic heterocycles. The van der Waals surface area contributed by atoms with E-state index in [0.717, 1.165) is 12.2 Å². The molecule has 18 heteroatoms. The Morgan fingerprint density at radius 3 is 1.91 bits per heavy atom. The van der Waals surface area contributed by atoms with Crippen molar-refractivity contribution in [2.24, 2.45) is 23.7 Å². The van der Waals surface area contributed by atoms with Crippen LogP contribution in [-0.4, -0.2) is 107 Å². The summed E-state index contributed by atoms with van der Waals surface area (Å²) in [4.78, 5) is 82.8. The van der Waals surface area contributed by atoms with Gasteiger partial charge in [0.2, 0.25) is 13.3 Å². The number of carbonyl (C=O) groups excluding carboxylic acids is 4. The van der Waals surface area contributed by atoms with Crippen LogP contribution in [0.5, 0.6) is 0 Å². The summed E-state index contributed by atoms with van der Waals surface area (Å²) in [6.45, 7) is 12.5. The predicted molar refractivity (Wildman–Crippen MR) is 208 cm³/mol. The van der Waals surface area contributed by atoms with E-state index in [1.165, 1.54) is 0 Å². The largest absolute Gasteiger partial charge is 0.509 e. The molecule has 1 aromatic carbocycles. The van der Waals surface area contributed by atoms with Gasteiger partial charge in [-0.15, -0.1) is 0 Å². The molecule has 0 aromatic heterocycles. The van der Waals surface area contributed by atoms with Gasteiger partial charge in [-0.05, 0) is 48.4 Å². The van der Waals surface area contributed by atoms with Gasteiger partial charge < -0.3 is 43.2 Å². The van der Waals surface area contributed by atoms with Crippen LogP contribution < -0.4 is 5.32 Å². The number of Topliss-reactive ketones (excluding diaryl/α,β-unsaturated/α-hetero) is 1. The number of carbonyl (C=O) groups is 4. The van der Waals surface area contributed by atoms with Gasteiger partial charge in [0.05, 0.1) is 51.7 Å². The minimum atomic E-state index is -5.07. The van der Waals surface area contributed by atoms with Crippen molar-refractivity contribution < 1.29 is 66.2 Å². The number of hydrogen-bond acceptors (Lipinski definition) is 10. The molecule has 55 heavy (non-hydrogen) atoms. The van der Waals surface area contributed by atoms with Crippen LogP contribution in [0.1, 0.15) is 85.6 Å². The van der Waals surface area contributed by atoms with Crippen LogP contribution in [0.4, 0.5) is 0 Å². The van der Waals surface area contributed by atoms with Gasteiger partial charge in [0.25, 0.3) is 0 Å². The number of ether oxygens (including phenoxy) is 2. The Kier molecular flexibility index (Phi) is 17.4. The van der Waals surface area contributed by atoms with Crippen LogP contribution in [0.2, 0.25) is 5.82 Å². The molecule has 1 amide bonds. The zero-order valence-corrected chi connectivity index (χ0v) is 35.3. The van der Waals surface area contributed by atoms with Crippen molar-refractivity contribution in [1.29, 1.82) is 0 Å². The third-order valence-electron chi connectivity index (χ3n) is 10.7. The lowest BCUT2D eigenvalue weighted by Gasteiger charge is -2.51. The van der Waals surface area contributed by atoms with E-state index in [1.54, 1.807) is 0 Å². The first-order valence-electron chi connectivity index (χ1n) is 19.4. The molecule has 4 N–H and O–H groups in total. The Balaban J connectivity index is 1.77. The second-order valence-corrected chi connectivity index (χ2v) is 21.4.